The van der Waals surface area contributed by atoms with Gasteiger partial charge in [-0.05, 0) is 49.2 Å². The van der Waals surface area contributed by atoms with Crippen LogP contribution in [0.5, 0.6) is 0 Å². The van der Waals surface area contributed by atoms with E-state index in [1.807, 2.05) is 26.1 Å². The van der Waals surface area contributed by atoms with Crippen molar-refractivity contribution in [3.63, 3.8) is 0 Å². The maximum absolute atomic E-state index is 5.80. The highest BCUT2D eigenvalue weighted by Gasteiger charge is 2.07. The molecule has 0 aliphatic carbocycles. The lowest BCUT2D eigenvalue weighted by Crippen LogP contribution is -2.18. The Morgan fingerprint density at radius 1 is 1.21 bits per heavy atom. The second-order valence-corrected chi connectivity index (χ2v) is 5.69. The molecule has 2 aromatic rings. The van der Waals surface area contributed by atoms with Gasteiger partial charge in [0, 0.05) is 18.1 Å². The maximum Gasteiger partial charge on any atom is 0.128 e. The number of halogens is 1. The number of anilines is 2. The van der Waals surface area contributed by atoms with Gasteiger partial charge in [-0.1, -0.05) is 22.0 Å². The fourth-order valence-electron chi connectivity index (χ4n) is 1.92. The van der Waals surface area contributed by atoms with Gasteiger partial charge in [-0.3, -0.25) is 0 Å². The van der Waals surface area contributed by atoms with Crippen LogP contribution >= 0.6 is 15.9 Å². The van der Waals surface area contributed by atoms with Crippen LogP contribution in [-0.4, -0.2) is 12.0 Å². The molecule has 100 valence electrons. The third kappa shape index (κ3) is 3.26. The van der Waals surface area contributed by atoms with Crippen molar-refractivity contribution >= 4 is 27.4 Å². The van der Waals surface area contributed by atoms with Crippen LogP contribution in [0.3, 0.4) is 0 Å². The molecule has 4 heteroatoms. The maximum atomic E-state index is 5.80. The lowest BCUT2D eigenvalue weighted by molar-refractivity contribution is 0.885. The number of nitrogens with two attached hydrogens (primary N) is 1. The molecule has 0 amide bonds. The summed E-state index contributed by atoms with van der Waals surface area (Å²) in [7, 11) is 2.04. The van der Waals surface area contributed by atoms with E-state index in [4.69, 9.17) is 5.73 Å². The summed E-state index contributed by atoms with van der Waals surface area (Å²) in [5.74, 6) is 0.936. The molecule has 0 spiro atoms. The van der Waals surface area contributed by atoms with Crippen molar-refractivity contribution in [2.75, 3.05) is 17.7 Å². The minimum Gasteiger partial charge on any atom is -0.397 e. The molecule has 3 nitrogen and oxygen atoms in total. The van der Waals surface area contributed by atoms with Gasteiger partial charge in [-0.2, -0.15) is 0 Å². The molecule has 0 radical (unpaired) electrons. The molecule has 2 N–H and O–H groups in total. The molecule has 1 aromatic heterocycles. The van der Waals surface area contributed by atoms with Crippen LogP contribution in [0.1, 0.15) is 16.8 Å². The van der Waals surface area contributed by atoms with Crippen molar-refractivity contribution in [3.8, 4) is 0 Å². The average molecular weight is 320 g/mol. The van der Waals surface area contributed by atoms with Crippen molar-refractivity contribution in [1.29, 1.82) is 0 Å². The molecule has 0 saturated heterocycles. The summed E-state index contributed by atoms with van der Waals surface area (Å²) in [5, 5.41) is 0. The molecule has 2 rings (SSSR count). The Kier molecular flexibility index (Phi) is 4.10. The van der Waals surface area contributed by atoms with Gasteiger partial charge in [0.25, 0.3) is 0 Å². The van der Waals surface area contributed by atoms with Crippen LogP contribution in [-0.2, 0) is 6.54 Å². The SMILES string of the molecule is Cc1ccc(Br)cc1CN(C)c1ccc(N)c(C)n1. The molecule has 0 atom stereocenters. The quantitative estimate of drug-likeness (QED) is 0.938. The summed E-state index contributed by atoms with van der Waals surface area (Å²) in [4.78, 5) is 6.64. The average Bonchev–Trinajstić information content (AvgIpc) is 2.37. The molecule has 0 bridgehead atoms. The van der Waals surface area contributed by atoms with E-state index in [-0.39, 0.29) is 0 Å². The van der Waals surface area contributed by atoms with E-state index >= 15 is 0 Å². The number of rotatable bonds is 3. The van der Waals surface area contributed by atoms with Crippen LogP contribution in [0.15, 0.2) is 34.8 Å². The van der Waals surface area contributed by atoms with E-state index in [1.165, 1.54) is 11.1 Å². The van der Waals surface area contributed by atoms with Crippen molar-refractivity contribution in [1.82, 2.24) is 4.98 Å². The number of nitrogens with zero attached hydrogens (tertiary/aromatic N) is 2. The molecule has 0 fully saturated rings. The van der Waals surface area contributed by atoms with Gasteiger partial charge in [0.05, 0.1) is 11.4 Å². The number of pyridine rings is 1. The molecule has 1 aromatic carbocycles. The zero-order valence-corrected chi connectivity index (χ0v) is 13.0. The third-order valence-corrected chi connectivity index (χ3v) is 3.72. The fourth-order valence-corrected chi connectivity index (χ4v) is 2.33. The Labute approximate surface area is 122 Å². The van der Waals surface area contributed by atoms with E-state index < -0.39 is 0 Å². The molecular formula is C15H18BrN3. The highest BCUT2D eigenvalue weighted by molar-refractivity contribution is 9.10. The number of benzene rings is 1. The largest absolute Gasteiger partial charge is 0.397 e. The summed E-state index contributed by atoms with van der Waals surface area (Å²) < 4.78 is 1.10. The van der Waals surface area contributed by atoms with E-state index in [0.717, 1.165) is 28.2 Å². The van der Waals surface area contributed by atoms with Gasteiger partial charge in [0.1, 0.15) is 5.82 Å². The molecule has 0 unspecified atom stereocenters. The number of hydrogen-bond donors (Lipinski definition) is 1. The second kappa shape index (κ2) is 5.61. The normalized spacial score (nSPS) is 10.5. The highest BCUT2D eigenvalue weighted by Crippen LogP contribution is 2.21. The van der Waals surface area contributed by atoms with Crippen molar-refractivity contribution in [2.45, 2.75) is 20.4 Å². The minimum absolute atomic E-state index is 0.732. The monoisotopic (exact) mass is 319 g/mol. The Balaban J connectivity index is 2.22. The number of hydrogen-bond acceptors (Lipinski definition) is 3. The first-order valence-corrected chi connectivity index (χ1v) is 6.96. The summed E-state index contributed by atoms with van der Waals surface area (Å²) in [5.41, 5.74) is 9.97. The van der Waals surface area contributed by atoms with Gasteiger partial charge in [-0.15, -0.1) is 0 Å². The molecule has 0 saturated carbocycles. The van der Waals surface area contributed by atoms with Crippen LogP contribution in [0, 0.1) is 13.8 Å². The Hall–Kier alpha value is -1.55. The summed E-state index contributed by atoms with van der Waals surface area (Å²) in [6.45, 7) is 4.87. The van der Waals surface area contributed by atoms with Gasteiger partial charge < -0.3 is 10.6 Å². The van der Waals surface area contributed by atoms with Crippen molar-refractivity contribution in [3.05, 3.63) is 51.6 Å². The van der Waals surface area contributed by atoms with E-state index in [0.29, 0.717) is 0 Å². The standard InChI is InChI=1S/C15H18BrN3/c1-10-4-5-13(16)8-12(10)9-19(3)15-7-6-14(17)11(2)18-15/h4-8H,9,17H2,1-3H3. The lowest BCUT2D eigenvalue weighted by atomic mass is 10.1. The molecule has 19 heavy (non-hydrogen) atoms. The highest BCUT2D eigenvalue weighted by atomic mass is 79.9. The van der Waals surface area contributed by atoms with Crippen LogP contribution in [0.25, 0.3) is 0 Å². The Bertz CT molecular complexity index is 596. The molecule has 1 heterocycles. The van der Waals surface area contributed by atoms with Crippen LogP contribution in [0.2, 0.25) is 0 Å². The first kappa shape index (κ1) is 13.9. The first-order chi connectivity index (χ1) is 8.97. The molecule has 0 aliphatic heterocycles. The van der Waals surface area contributed by atoms with E-state index in [9.17, 15) is 0 Å². The number of aromatic nitrogens is 1. The predicted octanol–water partition coefficient (Wildman–Crippen LogP) is 3.68. The summed E-state index contributed by atoms with van der Waals surface area (Å²) in [6.07, 6.45) is 0. The van der Waals surface area contributed by atoms with E-state index in [1.54, 1.807) is 0 Å². The van der Waals surface area contributed by atoms with Crippen molar-refractivity contribution < 1.29 is 0 Å². The smallest absolute Gasteiger partial charge is 0.128 e. The number of nitrogen functional groups attached to an aromatic ring is 1. The summed E-state index contributed by atoms with van der Waals surface area (Å²) in [6, 6.07) is 10.2. The first-order valence-electron chi connectivity index (χ1n) is 6.16. The van der Waals surface area contributed by atoms with Gasteiger partial charge in [-0.25, -0.2) is 4.98 Å². The van der Waals surface area contributed by atoms with Crippen LogP contribution in [0.4, 0.5) is 11.5 Å². The second-order valence-electron chi connectivity index (χ2n) is 4.77. The third-order valence-electron chi connectivity index (χ3n) is 3.22. The van der Waals surface area contributed by atoms with Crippen molar-refractivity contribution in [2.24, 2.45) is 0 Å². The zero-order valence-electron chi connectivity index (χ0n) is 11.4. The minimum atomic E-state index is 0.732. The number of aryl methyl sites for hydroxylation is 2. The fraction of sp³-hybridized carbons (Fsp3) is 0.267. The van der Waals surface area contributed by atoms with E-state index in [2.05, 4.69) is 50.9 Å². The molecule has 0 aliphatic rings. The topological polar surface area (TPSA) is 42.1 Å². The Morgan fingerprint density at radius 2 is 1.95 bits per heavy atom. The van der Waals surface area contributed by atoms with Crippen LogP contribution < -0.4 is 10.6 Å². The summed E-state index contributed by atoms with van der Waals surface area (Å²) >= 11 is 3.51. The predicted molar refractivity (Wildman–Crippen MR) is 84.4 cm³/mol. The van der Waals surface area contributed by atoms with Gasteiger partial charge in [0.2, 0.25) is 0 Å². The lowest BCUT2D eigenvalue weighted by Gasteiger charge is -2.20. The molecular weight excluding hydrogens is 302 g/mol. The Morgan fingerprint density at radius 3 is 2.63 bits per heavy atom. The van der Waals surface area contributed by atoms with Gasteiger partial charge >= 0.3 is 0 Å². The van der Waals surface area contributed by atoms with Gasteiger partial charge in [0.15, 0.2) is 0 Å². The zero-order chi connectivity index (χ0) is 14.0.